The molecule has 1 heterocycles. The molecule has 0 bridgehead atoms. The van der Waals surface area contributed by atoms with Crippen molar-refractivity contribution in [2.75, 3.05) is 4.90 Å². The first kappa shape index (κ1) is 35.8. The number of nitrogens with zero attached hydrogens (tertiary/aromatic N) is 1. The molecule has 2 heteroatoms. The normalized spacial score (nSPS) is 13.0. The van der Waals surface area contributed by atoms with Crippen molar-refractivity contribution in [3.05, 3.63) is 246 Å². The summed E-state index contributed by atoms with van der Waals surface area (Å²) >= 11 is 0. The Hall–Kier alpha value is -7.94. The lowest BCUT2D eigenvalue weighted by molar-refractivity contribution is 0.670. The third-order valence-corrected chi connectivity index (χ3v) is 13.8. The molecular weight excluding hydrogens is 763 g/mol. The Bertz CT molecular complexity index is 3590. The van der Waals surface area contributed by atoms with Gasteiger partial charge in [-0.25, -0.2) is 0 Å². The molecule has 0 fully saturated rings. The molecule has 0 atom stereocenters. The summed E-state index contributed by atoms with van der Waals surface area (Å²) in [5.74, 6) is 0. The topological polar surface area (TPSA) is 16.4 Å². The first-order chi connectivity index (χ1) is 31.1. The molecular formula is C61H41NO. The van der Waals surface area contributed by atoms with Gasteiger partial charge in [0.2, 0.25) is 0 Å². The smallest absolute Gasteiger partial charge is 0.143 e. The van der Waals surface area contributed by atoms with Gasteiger partial charge in [-0.1, -0.05) is 187 Å². The van der Waals surface area contributed by atoms with Crippen molar-refractivity contribution in [1.82, 2.24) is 0 Å². The standard InChI is InChI=1S/C61H41NO/c1-38-24-34-49-50-35-25-39(2)37-56(50)61(55(49)36-38)54-21-7-5-15-48(54)52-19-10-17-46(59(52)61)41-26-30-43(31-27-41)62(57-22-9-13-40-12-3-4-14-45(40)57)44-32-28-42(29-33-44)47-18-11-20-53-51-16-6-8-23-58(51)63-60(47)53/h3-37H,1-2H3. The second-order valence-corrected chi connectivity index (χ2v) is 17.3. The second kappa shape index (κ2) is 13.5. The monoisotopic (exact) mass is 803 g/mol. The Balaban J connectivity index is 0.973. The summed E-state index contributed by atoms with van der Waals surface area (Å²) in [6.45, 7) is 4.45. The summed E-state index contributed by atoms with van der Waals surface area (Å²) in [4.78, 5) is 2.40. The second-order valence-electron chi connectivity index (χ2n) is 17.3. The number of anilines is 3. The molecule has 0 amide bonds. The lowest BCUT2D eigenvalue weighted by atomic mass is 9.68. The first-order valence-corrected chi connectivity index (χ1v) is 21.9. The van der Waals surface area contributed by atoms with Gasteiger partial charge in [-0.15, -0.1) is 0 Å². The first-order valence-electron chi connectivity index (χ1n) is 21.9. The van der Waals surface area contributed by atoms with Crippen molar-refractivity contribution in [3.63, 3.8) is 0 Å². The van der Waals surface area contributed by atoms with Gasteiger partial charge in [-0.2, -0.15) is 0 Å². The molecule has 1 aromatic heterocycles. The molecule has 0 saturated heterocycles. The SMILES string of the molecule is Cc1ccc2c(c1)C1(c3cc(C)ccc3-2)c2ccccc2-c2cccc(-c3ccc(N(c4ccc(-c5cccc6c5oc5ccccc56)cc4)c4cccc5ccccc45)cc3)c21. The number of furan rings is 1. The summed E-state index contributed by atoms with van der Waals surface area (Å²) in [6, 6.07) is 78.4. The molecule has 0 N–H and O–H groups in total. The third-order valence-electron chi connectivity index (χ3n) is 13.8. The van der Waals surface area contributed by atoms with E-state index in [-0.39, 0.29) is 0 Å². The van der Waals surface area contributed by atoms with E-state index in [1.54, 1.807) is 0 Å². The minimum absolute atomic E-state index is 0.437. The highest BCUT2D eigenvalue weighted by Gasteiger charge is 2.52. The van der Waals surface area contributed by atoms with Crippen molar-refractivity contribution >= 4 is 49.8 Å². The highest BCUT2D eigenvalue weighted by molar-refractivity contribution is 6.10. The van der Waals surface area contributed by atoms with Crippen molar-refractivity contribution in [3.8, 4) is 44.5 Å². The summed E-state index contributed by atoms with van der Waals surface area (Å²) in [5, 5.41) is 4.68. The van der Waals surface area contributed by atoms with Crippen LogP contribution in [-0.2, 0) is 5.41 Å². The Morgan fingerprint density at radius 1 is 0.381 bits per heavy atom. The lowest BCUT2D eigenvalue weighted by Gasteiger charge is -2.33. The molecule has 0 radical (unpaired) electrons. The van der Waals surface area contributed by atoms with Crippen LogP contribution in [0.4, 0.5) is 17.1 Å². The number of hydrogen-bond acceptors (Lipinski definition) is 2. The van der Waals surface area contributed by atoms with Crippen LogP contribution in [0.5, 0.6) is 0 Å². The fourth-order valence-electron chi connectivity index (χ4n) is 11.1. The van der Waals surface area contributed by atoms with E-state index in [4.69, 9.17) is 4.42 Å². The van der Waals surface area contributed by atoms with Gasteiger partial charge >= 0.3 is 0 Å². The van der Waals surface area contributed by atoms with Crippen LogP contribution < -0.4 is 4.90 Å². The highest BCUT2D eigenvalue weighted by atomic mass is 16.3. The Labute approximate surface area is 367 Å². The quantitative estimate of drug-likeness (QED) is 0.172. The van der Waals surface area contributed by atoms with Gasteiger partial charge in [-0.05, 0) is 117 Å². The van der Waals surface area contributed by atoms with E-state index in [0.29, 0.717) is 0 Å². The number of benzene rings is 10. The zero-order valence-electron chi connectivity index (χ0n) is 35.1. The molecule has 11 aromatic rings. The molecule has 0 aliphatic heterocycles. The van der Waals surface area contributed by atoms with Crippen molar-refractivity contribution < 1.29 is 4.42 Å². The Morgan fingerprint density at radius 2 is 0.905 bits per heavy atom. The number of aryl methyl sites for hydroxylation is 2. The predicted molar refractivity (Wildman–Crippen MR) is 263 cm³/mol. The van der Waals surface area contributed by atoms with E-state index in [9.17, 15) is 0 Å². The van der Waals surface area contributed by atoms with Crippen LogP contribution in [-0.4, -0.2) is 0 Å². The van der Waals surface area contributed by atoms with Crippen LogP contribution in [0.15, 0.2) is 217 Å². The van der Waals surface area contributed by atoms with Gasteiger partial charge in [0.15, 0.2) is 0 Å². The summed E-state index contributed by atoms with van der Waals surface area (Å²) in [5.41, 5.74) is 22.7. The number of fused-ring (bicyclic) bond motifs is 14. The molecule has 2 nitrogen and oxygen atoms in total. The Morgan fingerprint density at radius 3 is 1.65 bits per heavy atom. The number of rotatable bonds is 5. The van der Waals surface area contributed by atoms with Gasteiger partial charge < -0.3 is 9.32 Å². The Kier molecular flexibility index (Phi) is 7.68. The van der Waals surface area contributed by atoms with Crippen molar-refractivity contribution in [2.45, 2.75) is 19.3 Å². The largest absolute Gasteiger partial charge is 0.455 e. The third kappa shape index (κ3) is 5.13. The van der Waals surface area contributed by atoms with Crippen molar-refractivity contribution in [2.24, 2.45) is 0 Å². The van der Waals surface area contributed by atoms with Gasteiger partial charge in [0, 0.05) is 33.1 Å². The molecule has 2 aliphatic carbocycles. The van der Waals surface area contributed by atoms with Gasteiger partial charge in [0.25, 0.3) is 0 Å². The molecule has 10 aromatic carbocycles. The molecule has 63 heavy (non-hydrogen) atoms. The van der Waals surface area contributed by atoms with Gasteiger partial charge in [-0.3, -0.25) is 0 Å². The maximum absolute atomic E-state index is 6.46. The molecule has 1 spiro atoms. The molecule has 2 aliphatic rings. The predicted octanol–water partition coefficient (Wildman–Crippen LogP) is 16.5. The van der Waals surface area contributed by atoms with Crippen LogP contribution in [0, 0.1) is 13.8 Å². The van der Waals surface area contributed by atoms with Crippen LogP contribution in [0.3, 0.4) is 0 Å². The maximum atomic E-state index is 6.46. The highest BCUT2D eigenvalue weighted by Crippen LogP contribution is 2.64. The number of para-hydroxylation sites is 2. The van der Waals surface area contributed by atoms with Crippen LogP contribution in [0.25, 0.3) is 77.2 Å². The summed E-state index contributed by atoms with van der Waals surface area (Å²) in [7, 11) is 0. The van der Waals surface area contributed by atoms with E-state index >= 15 is 0 Å². The minimum atomic E-state index is -0.437. The van der Waals surface area contributed by atoms with E-state index in [1.165, 1.54) is 77.5 Å². The van der Waals surface area contributed by atoms with Crippen LogP contribution in [0.2, 0.25) is 0 Å². The summed E-state index contributed by atoms with van der Waals surface area (Å²) < 4.78 is 6.46. The van der Waals surface area contributed by atoms with E-state index < -0.39 is 5.41 Å². The maximum Gasteiger partial charge on any atom is 0.143 e. The van der Waals surface area contributed by atoms with Gasteiger partial charge in [0.05, 0.1) is 11.1 Å². The molecule has 0 unspecified atom stereocenters. The van der Waals surface area contributed by atoms with E-state index in [0.717, 1.165) is 50.1 Å². The zero-order chi connectivity index (χ0) is 41.8. The average molecular weight is 804 g/mol. The average Bonchev–Trinajstić information content (AvgIpc) is 3.96. The van der Waals surface area contributed by atoms with Gasteiger partial charge in [0.1, 0.15) is 11.2 Å². The van der Waals surface area contributed by atoms with Crippen LogP contribution in [0.1, 0.15) is 33.4 Å². The number of hydrogen-bond donors (Lipinski definition) is 0. The van der Waals surface area contributed by atoms with Crippen molar-refractivity contribution in [1.29, 1.82) is 0 Å². The lowest BCUT2D eigenvalue weighted by Crippen LogP contribution is -2.27. The minimum Gasteiger partial charge on any atom is -0.455 e. The molecule has 13 rings (SSSR count). The molecule has 296 valence electrons. The molecule has 0 saturated carbocycles. The zero-order valence-corrected chi connectivity index (χ0v) is 35.1. The summed E-state index contributed by atoms with van der Waals surface area (Å²) in [6.07, 6.45) is 0. The fourth-order valence-corrected chi connectivity index (χ4v) is 11.1. The fraction of sp³-hybridized carbons (Fsp3) is 0.0492. The van der Waals surface area contributed by atoms with E-state index in [2.05, 4.69) is 219 Å². The van der Waals surface area contributed by atoms with E-state index in [1.807, 2.05) is 12.1 Å². The van der Waals surface area contributed by atoms with Crippen LogP contribution >= 0.6 is 0 Å².